The van der Waals surface area contributed by atoms with Crippen LogP contribution in [0.15, 0.2) is 59.9 Å². The number of carbonyl (C=O) groups excluding carboxylic acids is 1. The maximum absolute atomic E-state index is 13.1. The van der Waals surface area contributed by atoms with Crippen LogP contribution >= 0.6 is 23.4 Å². The van der Waals surface area contributed by atoms with Gasteiger partial charge in [0.15, 0.2) is 5.16 Å². The van der Waals surface area contributed by atoms with Gasteiger partial charge in [0.2, 0.25) is 5.91 Å². The molecule has 0 saturated heterocycles. The van der Waals surface area contributed by atoms with E-state index in [1.807, 2.05) is 53.6 Å². The summed E-state index contributed by atoms with van der Waals surface area (Å²) >= 11 is 7.57. The fraction of sp³-hybridized carbons (Fsp3) is 0.333. The molecule has 1 aliphatic heterocycles. The summed E-state index contributed by atoms with van der Waals surface area (Å²) < 4.78 is 2.22. The second-order valence-electron chi connectivity index (χ2n) is 8.17. The highest BCUT2D eigenvalue weighted by Crippen LogP contribution is 2.33. The van der Waals surface area contributed by atoms with E-state index in [1.165, 1.54) is 17.3 Å². The van der Waals surface area contributed by atoms with Crippen molar-refractivity contribution >= 4 is 35.0 Å². The van der Waals surface area contributed by atoms with Crippen molar-refractivity contribution in [2.45, 2.75) is 44.9 Å². The van der Waals surface area contributed by atoms with Gasteiger partial charge in [-0.05, 0) is 48.6 Å². The van der Waals surface area contributed by atoms with Crippen molar-refractivity contribution in [1.29, 1.82) is 0 Å². The summed E-state index contributed by atoms with van der Waals surface area (Å²) in [5, 5.41) is 1.59. The van der Waals surface area contributed by atoms with Crippen LogP contribution in [0.25, 0.3) is 11.3 Å². The Labute approximate surface area is 187 Å². The molecule has 1 amide bonds. The SMILES string of the molecule is CC(C)Cn1c(-c2ccc(Cl)cc2)cnc1SCC(=O)N1c2ccccc2C[C@@H]1C. The second-order valence-corrected chi connectivity index (χ2v) is 9.55. The quantitative estimate of drug-likeness (QED) is 0.447. The normalized spacial score (nSPS) is 15.6. The summed E-state index contributed by atoms with van der Waals surface area (Å²) in [5.41, 5.74) is 4.42. The first-order valence-electron chi connectivity index (χ1n) is 10.3. The highest BCUT2D eigenvalue weighted by molar-refractivity contribution is 7.99. The Bertz CT molecular complexity index is 1040. The number of thioether (sulfide) groups is 1. The molecule has 2 aromatic carbocycles. The molecule has 1 aliphatic rings. The maximum Gasteiger partial charge on any atom is 0.237 e. The molecule has 3 aromatic rings. The Kier molecular flexibility index (Phi) is 6.21. The van der Waals surface area contributed by atoms with Gasteiger partial charge in [-0.1, -0.05) is 67.5 Å². The van der Waals surface area contributed by atoms with Crippen LogP contribution < -0.4 is 4.90 Å². The number of hydrogen-bond donors (Lipinski definition) is 0. The number of benzene rings is 2. The molecule has 0 bridgehead atoms. The van der Waals surface area contributed by atoms with E-state index in [1.54, 1.807) is 0 Å². The third kappa shape index (κ3) is 4.28. The highest BCUT2D eigenvalue weighted by atomic mass is 35.5. The zero-order valence-electron chi connectivity index (χ0n) is 17.5. The van der Waals surface area contributed by atoms with Crippen LogP contribution in [0, 0.1) is 5.92 Å². The van der Waals surface area contributed by atoms with E-state index < -0.39 is 0 Å². The van der Waals surface area contributed by atoms with E-state index in [2.05, 4.69) is 36.4 Å². The Morgan fingerprint density at radius 2 is 1.93 bits per heavy atom. The lowest BCUT2D eigenvalue weighted by atomic mass is 10.1. The number of halogens is 1. The third-order valence-corrected chi connectivity index (χ3v) is 6.53. The van der Waals surface area contributed by atoms with E-state index in [0.29, 0.717) is 16.7 Å². The van der Waals surface area contributed by atoms with Crippen molar-refractivity contribution in [1.82, 2.24) is 9.55 Å². The Morgan fingerprint density at radius 3 is 2.67 bits per heavy atom. The van der Waals surface area contributed by atoms with Crippen LogP contribution in [-0.2, 0) is 17.8 Å². The fourth-order valence-corrected chi connectivity index (χ4v) is 4.98. The van der Waals surface area contributed by atoms with Crippen LogP contribution in [0.5, 0.6) is 0 Å². The molecule has 0 spiro atoms. The number of anilines is 1. The maximum atomic E-state index is 13.1. The van der Waals surface area contributed by atoms with Crippen molar-refractivity contribution in [2.75, 3.05) is 10.7 Å². The topological polar surface area (TPSA) is 38.1 Å². The van der Waals surface area contributed by atoms with Crippen LogP contribution in [0.4, 0.5) is 5.69 Å². The minimum atomic E-state index is 0.129. The first kappa shape index (κ1) is 21.0. The van der Waals surface area contributed by atoms with Crippen LogP contribution in [0.1, 0.15) is 26.3 Å². The number of hydrogen-bond acceptors (Lipinski definition) is 3. The van der Waals surface area contributed by atoms with Gasteiger partial charge in [0, 0.05) is 23.3 Å². The molecule has 30 heavy (non-hydrogen) atoms. The Hall–Kier alpha value is -2.24. The molecule has 2 heterocycles. The van der Waals surface area contributed by atoms with Crippen molar-refractivity contribution in [2.24, 2.45) is 5.92 Å². The second kappa shape index (κ2) is 8.86. The monoisotopic (exact) mass is 439 g/mol. The number of aromatic nitrogens is 2. The summed E-state index contributed by atoms with van der Waals surface area (Å²) in [5.74, 6) is 0.962. The van der Waals surface area contributed by atoms with E-state index >= 15 is 0 Å². The molecule has 4 rings (SSSR count). The Balaban J connectivity index is 1.55. The van der Waals surface area contributed by atoms with Gasteiger partial charge in [-0.3, -0.25) is 4.79 Å². The van der Waals surface area contributed by atoms with Crippen molar-refractivity contribution in [3.8, 4) is 11.3 Å². The van der Waals surface area contributed by atoms with Gasteiger partial charge in [0.25, 0.3) is 0 Å². The molecule has 0 N–H and O–H groups in total. The summed E-state index contributed by atoms with van der Waals surface area (Å²) in [4.78, 5) is 19.7. The smallest absolute Gasteiger partial charge is 0.237 e. The molecular weight excluding hydrogens is 414 g/mol. The van der Waals surface area contributed by atoms with Crippen LogP contribution in [0.2, 0.25) is 5.02 Å². The lowest BCUT2D eigenvalue weighted by molar-refractivity contribution is -0.116. The number of carbonyl (C=O) groups is 1. The molecule has 0 fully saturated rings. The van der Waals surface area contributed by atoms with Gasteiger partial charge in [0.05, 0.1) is 17.6 Å². The molecule has 0 radical (unpaired) electrons. The summed E-state index contributed by atoms with van der Waals surface area (Å²) in [6.07, 6.45) is 2.81. The van der Waals surface area contributed by atoms with Gasteiger partial charge in [-0.25, -0.2) is 4.98 Å². The summed E-state index contributed by atoms with van der Waals surface area (Å²) in [6.45, 7) is 7.33. The number of amides is 1. The van der Waals surface area contributed by atoms with E-state index in [-0.39, 0.29) is 11.9 Å². The average molecular weight is 440 g/mol. The van der Waals surface area contributed by atoms with E-state index in [9.17, 15) is 4.79 Å². The third-order valence-electron chi connectivity index (χ3n) is 5.31. The zero-order valence-corrected chi connectivity index (χ0v) is 19.1. The molecule has 156 valence electrons. The van der Waals surface area contributed by atoms with Gasteiger partial charge >= 0.3 is 0 Å². The van der Waals surface area contributed by atoms with E-state index in [4.69, 9.17) is 11.6 Å². The van der Waals surface area contributed by atoms with Gasteiger partial charge in [-0.15, -0.1) is 0 Å². The molecule has 1 atom stereocenters. The van der Waals surface area contributed by atoms with Crippen molar-refractivity contribution < 1.29 is 4.79 Å². The predicted octanol–water partition coefficient (Wildman–Crippen LogP) is 5.93. The number of rotatable bonds is 6. The molecule has 0 aliphatic carbocycles. The first-order valence-corrected chi connectivity index (χ1v) is 11.6. The molecule has 0 unspecified atom stereocenters. The van der Waals surface area contributed by atoms with Gasteiger partial charge in [0.1, 0.15) is 0 Å². The molecule has 1 aromatic heterocycles. The fourth-order valence-electron chi connectivity index (χ4n) is 4.01. The lowest BCUT2D eigenvalue weighted by Gasteiger charge is -2.22. The van der Waals surface area contributed by atoms with Crippen molar-refractivity contribution in [3.05, 3.63) is 65.3 Å². The number of imidazole rings is 1. The first-order chi connectivity index (χ1) is 14.4. The zero-order chi connectivity index (χ0) is 21.3. The predicted molar refractivity (Wildman–Crippen MR) is 125 cm³/mol. The molecular formula is C24H26ClN3OS. The van der Waals surface area contributed by atoms with Crippen LogP contribution in [-0.4, -0.2) is 27.3 Å². The lowest BCUT2D eigenvalue weighted by Crippen LogP contribution is -2.37. The molecule has 4 nitrogen and oxygen atoms in total. The molecule has 6 heteroatoms. The highest BCUT2D eigenvalue weighted by Gasteiger charge is 2.30. The number of fused-ring (bicyclic) bond motifs is 1. The summed E-state index contributed by atoms with van der Waals surface area (Å²) in [7, 11) is 0. The Morgan fingerprint density at radius 1 is 1.20 bits per heavy atom. The minimum absolute atomic E-state index is 0.129. The summed E-state index contributed by atoms with van der Waals surface area (Å²) in [6, 6.07) is 16.2. The standard InChI is InChI=1S/C24H26ClN3OS/c1-16(2)14-27-22(18-8-10-20(25)11-9-18)13-26-24(27)30-15-23(29)28-17(3)12-19-6-4-5-7-21(19)28/h4-11,13,16-17H,12,14-15H2,1-3H3/t17-/m0/s1. The van der Waals surface area contributed by atoms with Crippen LogP contribution in [0.3, 0.4) is 0 Å². The largest absolute Gasteiger partial charge is 0.319 e. The molecule has 0 saturated carbocycles. The number of para-hydroxylation sites is 1. The van der Waals surface area contributed by atoms with Gasteiger partial charge in [-0.2, -0.15) is 0 Å². The van der Waals surface area contributed by atoms with E-state index in [0.717, 1.165) is 35.1 Å². The minimum Gasteiger partial charge on any atom is -0.319 e. The van der Waals surface area contributed by atoms with Crippen molar-refractivity contribution in [3.63, 3.8) is 0 Å². The number of nitrogens with zero attached hydrogens (tertiary/aromatic N) is 3. The average Bonchev–Trinajstić information content (AvgIpc) is 3.26. The van der Waals surface area contributed by atoms with Gasteiger partial charge < -0.3 is 9.47 Å².